The Balaban J connectivity index is 2.51. The van der Waals surface area contributed by atoms with Crippen molar-refractivity contribution in [3.63, 3.8) is 0 Å². The van der Waals surface area contributed by atoms with E-state index in [2.05, 4.69) is 25.8 Å². The number of imidazole rings is 1. The van der Waals surface area contributed by atoms with Crippen LogP contribution < -0.4 is 11.6 Å². The fraction of sp³-hybridized carbons (Fsp3) is 0.400. The van der Waals surface area contributed by atoms with E-state index < -0.39 is 0 Å². The Labute approximate surface area is 119 Å². The van der Waals surface area contributed by atoms with Crippen molar-refractivity contribution in [2.75, 3.05) is 18.7 Å². The molecule has 0 amide bonds. The summed E-state index contributed by atoms with van der Waals surface area (Å²) in [5.41, 5.74) is 8.68. The maximum absolute atomic E-state index is 6.10. The lowest BCUT2D eigenvalue weighted by molar-refractivity contribution is 0.185. The van der Waals surface area contributed by atoms with E-state index in [-0.39, 0.29) is 5.41 Å². The van der Waals surface area contributed by atoms with E-state index in [9.17, 15) is 0 Å². The molecule has 0 aliphatic carbocycles. The minimum absolute atomic E-state index is 0.161. The monoisotopic (exact) mass is 274 g/mol. The molecule has 0 saturated carbocycles. The van der Waals surface area contributed by atoms with Crippen LogP contribution in [0.4, 0.5) is 5.82 Å². The highest BCUT2D eigenvalue weighted by molar-refractivity contribution is 5.71. The molecule has 20 heavy (non-hydrogen) atoms. The molecule has 0 fully saturated rings. The molecule has 0 spiro atoms. The Morgan fingerprint density at radius 3 is 2.55 bits per heavy atom. The second-order valence-electron chi connectivity index (χ2n) is 5.92. The Morgan fingerprint density at radius 2 is 2.00 bits per heavy atom. The fourth-order valence-corrected chi connectivity index (χ4v) is 2.16. The number of benzene rings is 1. The summed E-state index contributed by atoms with van der Waals surface area (Å²) in [4.78, 5) is 4.62. The molecule has 4 N–H and O–H groups in total. The summed E-state index contributed by atoms with van der Waals surface area (Å²) < 4.78 is 6.62. The van der Waals surface area contributed by atoms with Gasteiger partial charge in [0.1, 0.15) is 11.5 Å². The van der Waals surface area contributed by atoms with Gasteiger partial charge in [0.05, 0.1) is 6.61 Å². The number of ether oxygens (including phenoxy) is 1. The maximum atomic E-state index is 6.10. The number of nitrogen functional groups attached to an aromatic ring is 2. The van der Waals surface area contributed by atoms with Gasteiger partial charge in [-0.3, -0.25) is 0 Å². The molecule has 5 nitrogen and oxygen atoms in total. The van der Waals surface area contributed by atoms with E-state index in [0.717, 1.165) is 22.6 Å². The van der Waals surface area contributed by atoms with E-state index in [4.69, 9.17) is 16.3 Å². The zero-order valence-corrected chi connectivity index (χ0v) is 12.5. The van der Waals surface area contributed by atoms with Gasteiger partial charge in [0.25, 0.3) is 0 Å². The lowest BCUT2D eigenvalue weighted by atomic mass is 9.96. The minimum Gasteiger partial charge on any atom is -0.382 e. The summed E-state index contributed by atoms with van der Waals surface area (Å²) in [5, 5.41) is 0. The quantitative estimate of drug-likeness (QED) is 0.842. The van der Waals surface area contributed by atoms with Crippen LogP contribution >= 0.6 is 0 Å². The summed E-state index contributed by atoms with van der Waals surface area (Å²) in [7, 11) is 1.67. The lowest BCUT2D eigenvalue weighted by Gasteiger charge is -2.17. The van der Waals surface area contributed by atoms with Crippen molar-refractivity contribution in [2.24, 2.45) is 0 Å². The number of aromatic nitrogens is 2. The molecule has 0 aliphatic heterocycles. The molecule has 1 aromatic carbocycles. The van der Waals surface area contributed by atoms with Gasteiger partial charge in [0, 0.05) is 18.1 Å². The van der Waals surface area contributed by atoms with E-state index in [1.807, 2.05) is 24.3 Å². The third-order valence-corrected chi connectivity index (χ3v) is 3.13. The number of nitrogens with zero attached hydrogens (tertiary/aromatic N) is 2. The van der Waals surface area contributed by atoms with Crippen LogP contribution in [0.15, 0.2) is 24.3 Å². The molecular weight excluding hydrogens is 252 g/mol. The van der Waals surface area contributed by atoms with Crippen LogP contribution in [0.25, 0.3) is 11.3 Å². The Morgan fingerprint density at radius 1 is 1.30 bits per heavy atom. The van der Waals surface area contributed by atoms with E-state index in [1.54, 1.807) is 7.11 Å². The Bertz CT molecular complexity index is 611. The van der Waals surface area contributed by atoms with Crippen molar-refractivity contribution in [1.29, 1.82) is 0 Å². The van der Waals surface area contributed by atoms with Crippen molar-refractivity contribution >= 4 is 5.82 Å². The minimum atomic E-state index is -0.161. The number of anilines is 1. The molecule has 5 heteroatoms. The molecule has 2 aromatic rings. The van der Waals surface area contributed by atoms with E-state index >= 15 is 0 Å². The molecule has 108 valence electrons. The Kier molecular flexibility index (Phi) is 3.72. The van der Waals surface area contributed by atoms with Gasteiger partial charge >= 0.3 is 0 Å². The number of nitrogens with two attached hydrogens (primary N) is 2. The average molecular weight is 274 g/mol. The predicted molar refractivity (Wildman–Crippen MR) is 81.6 cm³/mol. The van der Waals surface area contributed by atoms with Crippen molar-refractivity contribution < 1.29 is 4.74 Å². The third kappa shape index (κ3) is 2.63. The summed E-state index contributed by atoms with van der Waals surface area (Å²) in [6.45, 7) is 6.74. The van der Waals surface area contributed by atoms with Crippen molar-refractivity contribution in [2.45, 2.75) is 32.8 Å². The van der Waals surface area contributed by atoms with Gasteiger partial charge < -0.3 is 16.3 Å². The second kappa shape index (κ2) is 5.17. The van der Waals surface area contributed by atoms with Crippen LogP contribution in [-0.2, 0) is 16.8 Å². The van der Waals surface area contributed by atoms with Gasteiger partial charge in [-0.15, -0.1) is 0 Å². The molecule has 0 aliphatic rings. The van der Waals surface area contributed by atoms with Gasteiger partial charge in [-0.2, -0.15) is 0 Å². The lowest BCUT2D eigenvalue weighted by Crippen LogP contribution is -2.24. The average Bonchev–Trinajstić information content (AvgIpc) is 2.67. The van der Waals surface area contributed by atoms with Gasteiger partial charge in [-0.1, -0.05) is 39.0 Å². The molecular formula is C15H22N4O. The normalized spacial score (nSPS) is 11.8. The summed E-state index contributed by atoms with van der Waals surface area (Å²) in [6.07, 6.45) is 0. The number of hydrogen-bond acceptors (Lipinski definition) is 4. The molecule has 0 unspecified atom stereocenters. The molecule has 0 saturated heterocycles. The smallest absolute Gasteiger partial charge is 0.150 e. The first-order valence-electron chi connectivity index (χ1n) is 6.56. The predicted octanol–water partition coefficient (Wildman–Crippen LogP) is 2.29. The van der Waals surface area contributed by atoms with Gasteiger partial charge in [-0.05, 0) is 11.6 Å². The van der Waals surface area contributed by atoms with E-state index in [1.165, 1.54) is 4.68 Å². The molecule has 0 atom stereocenters. The first-order chi connectivity index (χ1) is 9.34. The van der Waals surface area contributed by atoms with Crippen LogP contribution in [-0.4, -0.2) is 16.8 Å². The standard InChI is InChI=1S/C15H22N4O/c1-15(2,3)14-18-12(13(16)19(14)17)11-7-5-6-10(8-11)9-20-4/h5-8H,9,16-17H2,1-4H3. The summed E-state index contributed by atoms with van der Waals surface area (Å²) in [5.74, 6) is 7.27. The highest BCUT2D eigenvalue weighted by Gasteiger charge is 2.24. The molecule has 1 aromatic heterocycles. The summed E-state index contributed by atoms with van der Waals surface area (Å²) >= 11 is 0. The van der Waals surface area contributed by atoms with Crippen LogP contribution in [0, 0.1) is 0 Å². The first kappa shape index (κ1) is 14.4. The van der Waals surface area contributed by atoms with E-state index in [0.29, 0.717) is 12.4 Å². The number of rotatable bonds is 3. The molecule has 0 bridgehead atoms. The zero-order chi connectivity index (χ0) is 14.9. The zero-order valence-electron chi connectivity index (χ0n) is 12.5. The van der Waals surface area contributed by atoms with Gasteiger partial charge in [0.15, 0.2) is 5.82 Å². The van der Waals surface area contributed by atoms with Crippen LogP contribution in [0.5, 0.6) is 0 Å². The maximum Gasteiger partial charge on any atom is 0.150 e. The summed E-state index contributed by atoms with van der Waals surface area (Å²) in [6, 6.07) is 7.97. The molecule has 2 rings (SSSR count). The van der Waals surface area contributed by atoms with Gasteiger partial charge in [-0.25, -0.2) is 9.66 Å². The first-order valence-corrected chi connectivity index (χ1v) is 6.56. The van der Waals surface area contributed by atoms with Crippen LogP contribution in [0.3, 0.4) is 0 Å². The second-order valence-corrected chi connectivity index (χ2v) is 5.92. The third-order valence-electron chi connectivity index (χ3n) is 3.13. The van der Waals surface area contributed by atoms with Crippen LogP contribution in [0.2, 0.25) is 0 Å². The van der Waals surface area contributed by atoms with Crippen molar-refractivity contribution in [3.8, 4) is 11.3 Å². The SMILES string of the molecule is COCc1cccc(-c2nc(C(C)(C)C)n(N)c2N)c1. The number of hydrogen-bond donors (Lipinski definition) is 2. The fourth-order valence-electron chi connectivity index (χ4n) is 2.16. The van der Waals surface area contributed by atoms with Crippen molar-refractivity contribution in [3.05, 3.63) is 35.7 Å². The highest BCUT2D eigenvalue weighted by atomic mass is 16.5. The topological polar surface area (TPSA) is 79.1 Å². The molecule has 0 radical (unpaired) electrons. The number of methoxy groups -OCH3 is 1. The van der Waals surface area contributed by atoms with Crippen LogP contribution in [0.1, 0.15) is 32.2 Å². The largest absolute Gasteiger partial charge is 0.382 e. The Hall–Kier alpha value is -2.01. The van der Waals surface area contributed by atoms with Crippen molar-refractivity contribution in [1.82, 2.24) is 9.66 Å². The highest BCUT2D eigenvalue weighted by Crippen LogP contribution is 2.30. The van der Waals surface area contributed by atoms with Gasteiger partial charge in [0.2, 0.25) is 0 Å². The molecule has 1 heterocycles.